The second-order valence-corrected chi connectivity index (χ2v) is 9.76. The van der Waals surface area contributed by atoms with Gasteiger partial charge < -0.3 is 10.1 Å². The third-order valence-corrected chi connectivity index (χ3v) is 7.43. The molecule has 2 saturated heterocycles. The van der Waals surface area contributed by atoms with Crippen LogP contribution in [0.25, 0.3) is 0 Å². The quantitative estimate of drug-likeness (QED) is 0.253. The van der Waals surface area contributed by atoms with Crippen LogP contribution in [0.1, 0.15) is 42.1 Å². The largest absolute Gasteiger partial charge is 0.494 e. The van der Waals surface area contributed by atoms with Crippen molar-refractivity contribution >= 4 is 11.6 Å². The van der Waals surface area contributed by atoms with Crippen molar-refractivity contribution in [2.45, 2.75) is 38.0 Å². The van der Waals surface area contributed by atoms with Crippen LogP contribution in [0.4, 0.5) is 5.69 Å². The van der Waals surface area contributed by atoms with Crippen molar-refractivity contribution in [1.82, 2.24) is 21.5 Å². The predicted molar refractivity (Wildman–Crippen MR) is 144 cm³/mol. The Morgan fingerprint density at radius 1 is 1.03 bits per heavy atom. The van der Waals surface area contributed by atoms with E-state index in [0.29, 0.717) is 19.6 Å². The van der Waals surface area contributed by atoms with E-state index >= 15 is 0 Å². The number of hydrogen-bond donors (Lipinski definition) is 4. The molecule has 2 heterocycles. The number of amides is 1. The summed E-state index contributed by atoms with van der Waals surface area (Å²) in [7, 11) is 0. The number of nitrogens with zero attached hydrogens (tertiary/aromatic N) is 1. The Labute approximate surface area is 222 Å². The Kier molecular flexibility index (Phi) is 7.97. The molecule has 9 nitrogen and oxygen atoms in total. The molecule has 0 saturated carbocycles. The summed E-state index contributed by atoms with van der Waals surface area (Å²) in [5.74, 6) is 0.342. The second kappa shape index (κ2) is 11.7. The van der Waals surface area contributed by atoms with Gasteiger partial charge in [-0.25, -0.2) is 10.9 Å². The highest BCUT2D eigenvalue weighted by Gasteiger charge is 2.49. The van der Waals surface area contributed by atoms with Crippen molar-refractivity contribution in [1.29, 1.82) is 0 Å². The molecule has 2 fully saturated rings. The number of piperidine rings is 1. The molecule has 0 bridgehead atoms. The van der Waals surface area contributed by atoms with E-state index < -0.39 is 4.92 Å². The molecule has 0 aromatic heterocycles. The fourth-order valence-electron chi connectivity index (χ4n) is 5.60. The van der Waals surface area contributed by atoms with E-state index in [-0.39, 0.29) is 41.7 Å². The zero-order valence-corrected chi connectivity index (χ0v) is 21.3. The number of ether oxygens (including phenoxy) is 1. The molecule has 2 aliphatic rings. The molecule has 5 atom stereocenters. The number of carbonyl (C=O) groups is 1. The third kappa shape index (κ3) is 5.70. The molecule has 0 spiro atoms. The van der Waals surface area contributed by atoms with Gasteiger partial charge in [0.15, 0.2) is 0 Å². The predicted octanol–water partition coefficient (Wildman–Crippen LogP) is 3.79. The lowest BCUT2D eigenvalue weighted by atomic mass is 9.74. The van der Waals surface area contributed by atoms with Gasteiger partial charge in [0.1, 0.15) is 5.75 Å². The summed E-state index contributed by atoms with van der Waals surface area (Å²) in [6, 6.07) is 24.4. The first-order valence-corrected chi connectivity index (χ1v) is 13.1. The molecule has 3 aromatic rings. The van der Waals surface area contributed by atoms with Crippen molar-refractivity contribution < 1.29 is 14.5 Å². The normalized spacial score (nSPS) is 24.4. The van der Waals surface area contributed by atoms with Crippen molar-refractivity contribution in [3.05, 3.63) is 106 Å². The molecular weight excluding hydrogens is 482 g/mol. The van der Waals surface area contributed by atoms with Gasteiger partial charge in [-0.05, 0) is 48.6 Å². The average Bonchev–Trinajstić information content (AvgIpc) is 3.38. The van der Waals surface area contributed by atoms with E-state index in [1.165, 1.54) is 11.6 Å². The van der Waals surface area contributed by atoms with Crippen LogP contribution in [0.15, 0.2) is 78.9 Å². The number of non-ortho nitro benzene ring substituents is 1. The van der Waals surface area contributed by atoms with Gasteiger partial charge in [0.2, 0.25) is 5.91 Å². The Bertz CT molecular complexity index is 1250. The van der Waals surface area contributed by atoms with E-state index in [1.54, 1.807) is 12.1 Å². The van der Waals surface area contributed by atoms with Crippen molar-refractivity contribution in [3.63, 3.8) is 0 Å². The standard InChI is InChI=1S/C29H33N5O4/c1-2-38-23-13-11-20(12-14-23)25-18-24(29(35)30-16-15-19-7-4-3-5-8-19)26-27(32-33-28(26)31-25)21-9-6-10-22(17-21)34(36)37/h3-14,17,24-28,31-33H,2,15-16,18H2,1H3,(H,30,35). The van der Waals surface area contributed by atoms with Gasteiger partial charge in [0, 0.05) is 36.6 Å². The maximum absolute atomic E-state index is 13.7. The van der Waals surface area contributed by atoms with Gasteiger partial charge >= 0.3 is 0 Å². The number of nitrogens with one attached hydrogen (secondary N) is 4. The first kappa shape index (κ1) is 25.8. The number of benzene rings is 3. The maximum atomic E-state index is 13.7. The van der Waals surface area contributed by atoms with Crippen LogP contribution in [-0.2, 0) is 11.2 Å². The topological polar surface area (TPSA) is 118 Å². The van der Waals surface area contributed by atoms with Crippen LogP contribution >= 0.6 is 0 Å². The number of hydrazine groups is 1. The monoisotopic (exact) mass is 515 g/mol. The van der Waals surface area contributed by atoms with Crippen LogP contribution in [0.2, 0.25) is 0 Å². The minimum atomic E-state index is -0.391. The molecule has 198 valence electrons. The van der Waals surface area contributed by atoms with Crippen LogP contribution in [-0.4, -0.2) is 30.1 Å². The second-order valence-electron chi connectivity index (χ2n) is 9.76. The highest BCUT2D eigenvalue weighted by Crippen LogP contribution is 2.43. The van der Waals surface area contributed by atoms with Gasteiger partial charge in [0.05, 0.1) is 23.7 Å². The molecule has 5 rings (SSSR count). The molecule has 1 amide bonds. The summed E-state index contributed by atoms with van der Waals surface area (Å²) < 4.78 is 5.59. The first-order chi connectivity index (χ1) is 18.5. The van der Waals surface area contributed by atoms with Crippen LogP contribution in [0.3, 0.4) is 0 Å². The van der Waals surface area contributed by atoms with E-state index in [4.69, 9.17) is 4.74 Å². The molecule has 2 aliphatic heterocycles. The Morgan fingerprint density at radius 3 is 2.55 bits per heavy atom. The summed E-state index contributed by atoms with van der Waals surface area (Å²) in [4.78, 5) is 24.7. The van der Waals surface area contributed by atoms with Crippen molar-refractivity contribution in [2.24, 2.45) is 11.8 Å². The van der Waals surface area contributed by atoms with Crippen LogP contribution in [0, 0.1) is 22.0 Å². The summed E-state index contributed by atoms with van der Waals surface area (Å²) in [6.07, 6.45) is 1.15. The molecule has 5 unspecified atom stereocenters. The summed E-state index contributed by atoms with van der Waals surface area (Å²) in [6.45, 7) is 3.10. The number of nitro benzene ring substituents is 1. The van der Waals surface area contributed by atoms with E-state index in [1.807, 2.05) is 55.5 Å². The molecule has 9 heteroatoms. The van der Waals surface area contributed by atoms with Gasteiger partial charge in [0.25, 0.3) is 5.69 Å². The number of hydrogen-bond acceptors (Lipinski definition) is 7. The minimum Gasteiger partial charge on any atom is -0.494 e. The lowest BCUT2D eigenvalue weighted by Gasteiger charge is -2.40. The van der Waals surface area contributed by atoms with Crippen LogP contribution < -0.4 is 26.2 Å². The zero-order chi connectivity index (χ0) is 26.5. The lowest BCUT2D eigenvalue weighted by Crippen LogP contribution is -2.54. The Balaban J connectivity index is 1.38. The number of carbonyl (C=O) groups excluding carboxylic acids is 1. The summed E-state index contributed by atoms with van der Waals surface area (Å²) in [5, 5.41) is 18.2. The highest BCUT2D eigenvalue weighted by molar-refractivity contribution is 5.79. The Hall–Kier alpha value is -3.79. The van der Waals surface area contributed by atoms with Crippen LogP contribution in [0.5, 0.6) is 5.75 Å². The van der Waals surface area contributed by atoms with Crippen molar-refractivity contribution in [2.75, 3.05) is 13.2 Å². The number of nitro groups is 1. The molecule has 0 radical (unpaired) electrons. The third-order valence-electron chi connectivity index (χ3n) is 7.43. The number of rotatable bonds is 9. The van der Waals surface area contributed by atoms with E-state index in [2.05, 4.69) is 33.6 Å². The number of fused-ring (bicyclic) bond motifs is 1. The van der Waals surface area contributed by atoms with E-state index in [0.717, 1.165) is 23.3 Å². The summed E-state index contributed by atoms with van der Waals surface area (Å²) >= 11 is 0. The molecule has 4 N–H and O–H groups in total. The molecular formula is C29H33N5O4. The zero-order valence-electron chi connectivity index (χ0n) is 21.3. The first-order valence-electron chi connectivity index (χ1n) is 13.1. The van der Waals surface area contributed by atoms with Gasteiger partial charge in [-0.15, -0.1) is 0 Å². The minimum absolute atomic E-state index is 0.00528. The molecule has 3 aromatic carbocycles. The SMILES string of the molecule is CCOc1ccc(C2CC(C(=O)NCCc3ccccc3)C3C(NNC3c3cccc([N+](=O)[O-])c3)N2)cc1. The summed E-state index contributed by atoms with van der Waals surface area (Å²) in [5.41, 5.74) is 9.69. The smallest absolute Gasteiger partial charge is 0.269 e. The Morgan fingerprint density at radius 2 is 1.82 bits per heavy atom. The van der Waals surface area contributed by atoms with Crippen molar-refractivity contribution in [3.8, 4) is 5.75 Å². The fraction of sp³-hybridized carbons (Fsp3) is 0.345. The molecule has 38 heavy (non-hydrogen) atoms. The highest BCUT2D eigenvalue weighted by atomic mass is 16.6. The maximum Gasteiger partial charge on any atom is 0.269 e. The fourth-order valence-corrected chi connectivity index (χ4v) is 5.60. The van der Waals surface area contributed by atoms with Gasteiger partial charge in [-0.2, -0.15) is 0 Å². The van der Waals surface area contributed by atoms with Gasteiger partial charge in [-0.1, -0.05) is 54.6 Å². The van der Waals surface area contributed by atoms with E-state index in [9.17, 15) is 14.9 Å². The molecule has 0 aliphatic carbocycles. The van der Waals surface area contributed by atoms with Gasteiger partial charge in [-0.3, -0.25) is 20.2 Å². The lowest BCUT2D eigenvalue weighted by molar-refractivity contribution is -0.384. The average molecular weight is 516 g/mol.